The molecule has 2 atom stereocenters. The number of nitrogens with zero attached hydrogens (tertiary/aromatic N) is 5. The van der Waals surface area contributed by atoms with E-state index >= 15 is 0 Å². The number of aromatic nitrogens is 5. The first-order valence-corrected chi connectivity index (χ1v) is 12.7. The van der Waals surface area contributed by atoms with Crippen molar-refractivity contribution in [3.05, 3.63) is 89.7 Å². The van der Waals surface area contributed by atoms with Gasteiger partial charge >= 0.3 is 0 Å². The molecule has 1 aliphatic rings. The molecule has 2 unspecified atom stereocenters. The maximum absolute atomic E-state index is 5.94. The van der Waals surface area contributed by atoms with Crippen molar-refractivity contribution in [3.63, 3.8) is 0 Å². The lowest BCUT2D eigenvalue weighted by Gasteiger charge is -2.32. The van der Waals surface area contributed by atoms with Crippen LogP contribution >= 0.6 is 0 Å². The van der Waals surface area contributed by atoms with Gasteiger partial charge in [-0.05, 0) is 65.4 Å². The Labute approximate surface area is 212 Å². The molecule has 0 spiro atoms. The number of benzene rings is 2. The van der Waals surface area contributed by atoms with E-state index in [1.54, 1.807) is 11.0 Å². The van der Waals surface area contributed by atoms with Gasteiger partial charge in [0.1, 0.15) is 12.4 Å². The predicted molar refractivity (Wildman–Crippen MR) is 141 cm³/mol. The highest BCUT2D eigenvalue weighted by Crippen LogP contribution is 2.41. The SMILES string of the molecule is CC(C)(C)C(c1ccc(OCc2ccccn2)cc1)c1ccc(-c2nnn(CC3CCCN3)n2)cc1. The molecule has 4 aromatic rings. The Bertz CT molecular complexity index is 1240. The summed E-state index contributed by atoms with van der Waals surface area (Å²) in [6.45, 7) is 9.13. The van der Waals surface area contributed by atoms with E-state index in [4.69, 9.17) is 4.74 Å². The van der Waals surface area contributed by atoms with Crippen LogP contribution in [0.25, 0.3) is 11.4 Å². The second-order valence-corrected chi connectivity index (χ2v) is 10.6. The number of ether oxygens (including phenoxy) is 1. The monoisotopic (exact) mass is 482 g/mol. The van der Waals surface area contributed by atoms with E-state index in [1.807, 2.05) is 30.3 Å². The average molecular weight is 483 g/mol. The van der Waals surface area contributed by atoms with E-state index in [2.05, 4.69) is 82.9 Å². The fourth-order valence-electron chi connectivity index (χ4n) is 4.96. The zero-order valence-corrected chi connectivity index (χ0v) is 21.3. The van der Waals surface area contributed by atoms with E-state index in [-0.39, 0.29) is 11.3 Å². The predicted octanol–water partition coefficient (Wildman–Crippen LogP) is 5.24. The average Bonchev–Trinajstić information content (AvgIpc) is 3.57. The summed E-state index contributed by atoms with van der Waals surface area (Å²) >= 11 is 0. The molecule has 1 aliphatic heterocycles. The van der Waals surface area contributed by atoms with Crippen molar-refractivity contribution in [1.82, 2.24) is 30.5 Å². The van der Waals surface area contributed by atoms with Crippen LogP contribution in [-0.4, -0.2) is 37.8 Å². The maximum atomic E-state index is 5.94. The fourth-order valence-corrected chi connectivity index (χ4v) is 4.96. The minimum atomic E-state index is 0.0352. The number of tetrazole rings is 1. The molecule has 1 saturated heterocycles. The lowest BCUT2D eigenvalue weighted by molar-refractivity contribution is 0.301. The lowest BCUT2D eigenvalue weighted by Crippen LogP contribution is -2.27. The second-order valence-electron chi connectivity index (χ2n) is 10.6. The molecule has 186 valence electrons. The minimum Gasteiger partial charge on any atom is -0.487 e. The number of hydrogen-bond donors (Lipinski definition) is 1. The van der Waals surface area contributed by atoms with Crippen molar-refractivity contribution in [1.29, 1.82) is 0 Å². The summed E-state index contributed by atoms with van der Waals surface area (Å²) in [5.41, 5.74) is 4.45. The third-order valence-electron chi connectivity index (χ3n) is 6.69. The van der Waals surface area contributed by atoms with E-state index in [1.165, 1.54) is 17.5 Å². The molecule has 7 nitrogen and oxygen atoms in total. The van der Waals surface area contributed by atoms with Crippen LogP contribution in [0.2, 0.25) is 0 Å². The summed E-state index contributed by atoms with van der Waals surface area (Å²) in [4.78, 5) is 6.03. The van der Waals surface area contributed by atoms with Crippen LogP contribution in [0.1, 0.15) is 56.4 Å². The van der Waals surface area contributed by atoms with E-state index < -0.39 is 0 Å². The molecule has 7 heteroatoms. The molecular weight excluding hydrogens is 448 g/mol. The molecule has 0 radical (unpaired) electrons. The summed E-state index contributed by atoms with van der Waals surface area (Å²) in [7, 11) is 0. The number of rotatable bonds is 8. The first kappa shape index (κ1) is 24.1. The molecule has 0 bridgehead atoms. The standard InChI is InChI=1S/C29H34N6O/c1-29(2,3)27(22-13-15-26(16-14-22)36-20-25-7-4-5-17-31-25)21-9-11-23(12-10-21)28-32-34-35(33-28)19-24-8-6-18-30-24/h4-5,7,9-17,24,27,30H,6,8,18-20H2,1-3H3. The van der Waals surface area contributed by atoms with Gasteiger partial charge in [-0.3, -0.25) is 4.98 Å². The molecule has 3 heterocycles. The van der Waals surface area contributed by atoms with E-state index in [0.29, 0.717) is 18.5 Å². The Balaban J connectivity index is 1.29. The molecule has 2 aromatic heterocycles. The molecule has 1 N–H and O–H groups in total. The van der Waals surface area contributed by atoms with Gasteiger partial charge in [0.05, 0.1) is 12.2 Å². The van der Waals surface area contributed by atoms with E-state index in [0.717, 1.165) is 36.5 Å². The summed E-state index contributed by atoms with van der Waals surface area (Å²) in [6.07, 6.45) is 4.16. The van der Waals surface area contributed by atoms with Crippen molar-refractivity contribution >= 4 is 0 Å². The quantitative estimate of drug-likeness (QED) is 0.370. The first-order valence-electron chi connectivity index (χ1n) is 12.7. The first-order chi connectivity index (χ1) is 17.5. The summed E-state index contributed by atoms with van der Waals surface area (Å²) in [6, 6.07) is 23.3. The molecule has 36 heavy (non-hydrogen) atoms. The zero-order valence-electron chi connectivity index (χ0n) is 21.3. The van der Waals surface area contributed by atoms with Gasteiger partial charge in [-0.2, -0.15) is 4.80 Å². The topological polar surface area (TPSA) is 77.8 Å². The molecule has 0 amide bonds. The van der Waals surface area contributed by atoms with Crippen molar-refractivity contribution in [3.8, 4) is 17.1 Å². The van der Waals surface area contributed by atoms with Crippen molar-refractivity contribution in [2.45, 2.75) is 58.7 Å². The number of nitrogens with one attached hydrogen (secondary N) is 1. The Hall–Kier alpha value is -3.58. The van der Waals surface area contributed by atoms with Gasteiger partial charge in [-0.15, -0.1) is 10.2 Å². The van der Waals surface area contributed by atoms with Gasteiger partial charge in [0.15, 0.2) is 0 Å². The van der Waals surface area contributed by atoms with Gasteiger partial charge < -0.3 is 10.1 Å². The third kappa shape index (κ3) is 5.79. The van der Waals surface area contributed by atoms with Crippen molar-refractivity contribution in [2.75, 3.05) is 6.54 Å². The lowest BCUT2D eigenvalue weighted by atomic mass is 9.72. The van der Waals surface area contributed by atoms with Crippen LogP contribution in [0.5, 0.6) is 5.75 Å². The molecule has 1 fully saturated rings. The van der Waals surface area contributed by atoms with Gasteiger partial charge in [0.25, 0.3) is 0 Å². The zero-order chi connectivity index (χ0) is 25.0. The van der Waals surface area contributed by atoms with Crippen molar-refractivity contribution in [2.24, 2.45) is 5.41 Å². The molecule has 5 rings (SSSR count). The summed E-state index contributed by atoms with van der Waals surface area (Å²) in [5, 5.41) is 16.7. The summed E-state index contributed by atoms with van der Waals surface area (Å²) in [5.74, 6) is 1.74. The smallest absolute Gasteiger partial charge is 0.204 e. The third-order valence-corrected chi connectivity index (χ3v) is 6.69. The molecule has 0 saturated carbocycles. The maximum Gasteiger partial charge on any atom is 0.204 e. The van der Waals surface area contributed by atoms with Crippen LogP contribution in [-0.2, 0) is 13.2 Å². The highest BCUT2D eigenvalue weighted by molar-refractivity contribution is 5.55. The van der Waals surface area contributed by atoms with Crippen LogP contribution in [0.3, 0.4) is 0 Å². The van der Waals surface area contributed by atoms with Gasteiger partial charge in [0, 0.05) is 23.7 Å². The Morgan fingerprint density at radius 3 is 2.39 bits per heavy atom. The molecule has 0 aliphatic carbocycles. The van der Waals surface area contributed by atoms with Crippen LogP contribution in [0, 0.1) is 5.41 Å². The molecule has 2 aromatic carbocycles. The second kappa shape index (κ2) is 10.6. The van der Waals surface area contributed by atoms with Crippen molar-refractivity contribution < 1.29 is 4.74 Å². The van der Waals surface area contributed by atoms with Gasteiger partial charge in [0.2, 0.25) is 5.82 Å². The van der Waals surface area contributed by atoms with E-state index in [9.17, 15) is 0 Å². The Kier molecular flexibility index (Phi) is 7.09. The Morgan fingerprint density at radius 2 is 1.75 bits per heavy atom. The van der Waals surface area contributed by atoms with Crippen LogP contribution < -0.4 is 10.1 Å². The highest BCUT2D eigenvalue weighted by Gasteiger charge is 2.28. The minimum absolute atomic E-state index is 0.0352. The van der Waals surface area contributed by atoms with Crippen LogP contribution in [0.4, 0.5) is 0 Å². The normalized spacial score (nSPS) is 16.7. The highest BCUT2D eigenvalue weighted by atomic mass is 16.5. The van der Waals surface area contributed by atoms with Gasteiger partial charge in [-0.25, -0.2) is 0 Å². The largest absolute Gasteiger partial charge is 0.487 e. The fraction of sp³-hybridized carbons (Fsp3) is 0.379. The number of hydrogen-bond acceptors (Lipinski definition) is 6. The summed E-state index contributed by atoms with van der Waals surface area (Å²) < 4.78 is 5.94. The molecular formula is C29H34N6O. The van der Waals surface area contributed by atoms with Crippen LogP contribution in [0.15, 0.2) is 72.9 Å². The number of pyridine rings is 1. The van der Waals surface area contributed by atoms with Gasteiger partial charge in [-0.1, -0.05) is 63.2 Å². The Morgan fingerprint density at radius 1 is 1.00 bits per heavy atom.